The first kappa shape index (κ1) is 16.7. The Morgan fingerprint density at radius 2 is 2.04 bits per heavy atom. The van der Waals surface area contributed by atoms with Gasteiger partial charge in [-0.1, -0.05) is 24.6 Å². The Kier molecular flexibility index (Phi) is 4.38. The molecule has 4 heteroatoms. The Balaban J connectivity index is 1.87. The van der Waals surface area contributed by atoms with E-state index in [0.29, 0.717) is 11.1 Å². The predicted octanol–water partition coefficient (Wildman–Crippen LogP) is 4.73. The number of ether oxygens (including phenoxy) is 1. The van der Waals surface area contributed by atoms with Gasteiger partial charge in [0, 0.05) is 18.5 Å². The van der Waals surface area contributed by atoms with Crippen LogP contribution in [0.1, 0.15) is 47.9 Å². The number of halogens is 1. The average molecular weight is 358 g/mol. The average Bonchev–Trinajstić information content (AvgIpc) is 2.62. The fraction of sp³-hybridized carbons (Fsp3) is 0.429. The molecule has 1 aliphatic carbocycles. The third kappa shape index (κ3) is 2.80. The van der Waals surface area contributed by atoms with Gasteiger partial charge in [0.05, 0.1) is 12.1 Å². The number of phenolic OH excluding ortho intramolecular Hbond substituents is 1. The van der Waals surface area contributed by atoms with Crippen molar-refractivity contribution in [3.63, 3.8) is 0 Å². The van der Waals surface area contributed by atoms with Gasteiger partial charge in [-0.3, -0.25) is 4.90 Å². The molecule has 0 saturated heterocycles. The summed E-state index contributed by atoms with van der Waals surface area (Å²) >= 11 is 6.16. The lowest BCUT2D eigenvalue weighted by atomic mass is 9.71. The number of methoxy groups -OCH3 is 1. The molecule has 0 aromatic heterocycles. The molecular weight excluding hydrogens is 334 g/mol. The number of hydrogen-bond acceptors (Lipinski definition) is 3. The van der Waals surface area contributed by atoms with Gasteiger partial charge < -0.3 is 9.84 Å². The van der Waals surface area contributed by atoms with Gasteiger partial charge in [0.15, 0.2) is 0 Å². The van der Waals surface area contributed by atoms with Crippen LogP contribution in [0.4, 0.5) is 0 Å². The molecule has 2 aromatic rings. The molecule has 0 radical (unpaired) electrons. The molecule has 25 heavy (non-hydrogen) atoms. The van der Waals surface area contributed by atoms with Crippen LogP contribution in [-0.4, -0.2) is 29.7 Å². The van der Waals surface area contributed by atoms with Gasteiger partial charge in [-0.25, -0.2) is 0 Å². The van der Waals surface area contributed by atoms with Crippen molar-refractivity contribution in [3.8, 4) is 11.5 Å². The van der Waals surface area contributed by atoms with Gasteiger partial charge in [0.25, 0.3) is 0 Å². The second kappa shape index (κ2) is 6.54. The van der Waals surface area contributed by atoms with Crippen molar-refractivity contribution < 1.29 is 9.84 Å². The minimum atomic E-state index is 0.184. The maximum Gasteiger partial charge on any atom is 0.134 e. The summed E-state index contributed by atoms with van der Waals surface area (Å²) in [6.45, 7) is 4.29. The molecule has 1 aliphatic heterocycles. The first-order valence-corrected chi connectivity index (χ1v) is 9.42. The van der Waals surface area contributed by atoms with Crippen LogP contribution in [0, 0.1) is 0 Å². The molecular formula is C21H24ClNO2. The maximum atomic E-state index is 10.2. The van der Waals surface area contributed by atoms with Crippen LogP contribution >= 0.6 is 11.6 Å². The van der Waals surface area contributed by atoms with Gasteiger partial charge >= 0.3 is 0 Å². The lowest BCUT2D eigenvalue weighted by molar-refractivity contribution is 0.141. The largest absolute Gasteiger partial charge is 0.506 e. The predicted molar refractivity (Wildman–Crippen MR) is 101 cm³/mol. The molecule has 132 valence electrons. The summed E-state index contributed by atoms with van der Waals surface area (Å²) in [7, 11) is 1.72. The van der Waals surface area contributed by atoms with E-state index in [1.54, 1.807) is 7.11 Å². The Bertz CT molecular complexity index is 805. The smallest absolute Gasteiger partial charge is 0.134 e. The van der Waals surface area contributed by atoms with E-state index in [2.05, 4.69) is 30.0 Å². The van der Waals surface area contributed by atoms with Crippen LogP contribution in [-0.2, 0) is 13.0 Å². The minimum absolute atomic E-state index is 0.184. The van der Waals surface area contributed by atoms with E-state index in [-0.39, 0.29) is 11.7 Å². The van der Waals surface area contributed by atoms with Crippen molar-refractivity contribution in [2.75, 3.05) is 13.7 Å². The van der Waals surface area contributed by atoms with Crippen LogP contribution in [0.3, 0.4) is 0 Å². The van der Waals surface area contributed by atoms with Gasteiger partial charge in [-0.2, -0.15) is 0 Å². The summed E-state index contributed by atoms with van der Waals surface area (Å²) in [6.07, 6.45) is 3.29. The second-order valence-electron chi connectivity index (χ2n) is 7.12. The van der Waals surface area contributed by atoms with E-state index in [1.165, 1.54) is 22.3 Å². The molecule has 1 N–H and O–H groups in total. The zero-order valence-electron chi connectivity index (χ0n) is 14.8. The zero-order chi connectivity index (χ0) is 17.6. The first-order chi connectivity index (χ1) is 12.1. The quantitative estimate of drug-likeness (QED) is 0.862. The van der Waals surface area contributed by atoms with E-state index in [9.17, 15) is 5.11 Å². The number of fused-ring (bicyclic) bond motifs is 5. The Morgan fingerprint density at radius 3 is 2.80 bits per heavy atom. The van der Waals surface area contributed by atoms with Crippen LogP contribution in [0.15, 0.2) is 30.3 Å². The first-order valence-electron chi connectivity index (χ1n) is 9.04. The van der Waals surface area contributed by atoms with Crippen LogP contribution in [0.5, 0.6) is 11.5 Å². The highest BCUT2D eigenvalue weighted by Crippen LogP contribution is 2.47. The Hall–Kier alpha value is -1.71. The number of phenols is 1. The SMILES string of the molecule is CCCN1Cc2cc(OC)ccc2[C@H]2c3cc(O)c(Cl)cc3CC[C@@H]21. The number of rotatable bonds is 3. The summed E-state index contributed by atoms with van der Waals surface area (Å²) in [5.41, 5.74) is 5.19. The molecule has 0 unspecified atom stereocenters. The van der Waals surface area contributed by atoms with E-state index in [1.807, 2.05) is 12.1 Å². The van der Waals surface area contributed by atoms with Crippen LogP contribution < -0.4 is 4.74 Å². The van der Waals surface area contributed by atoms with E-state index in [0.717, 1.165) is 38.1 Å². The van der Waals surface area contributed by atoms with Crippen molar-refractivity contribution >= 4 is 11.6 Å². The highest BCUT2D eigenvalue weighted by molar-refractivity contribution is 6.32. The zero-order valence-corrected chi connectivity index (χ0v) is 15.5. The molecule has 2 aromatic carbocycles. The van der Waals surface area contributed by atoms with Crippen molar-refractivity contribution in [1.29, 1.82) is 0 Å². The van der Waals surface area contributed by atoms with E-state index < -0.39 is 0 Å². The summed E-state index contributed by atoms with van der Waals surface area (Å²) in [5.74, 6) is 1.38. The van der Waals surface area contributed by atoms with Gasteiger partial charge in [0.2, 0.25) is 0 Å². The molecule has 2 atom stereocenters. The number of hydrogen-bond donors (Lipinski definition) is 1. The fourth-order valence-electron chi connectivity index (χ4n) is 4.59. The highest BCUT2D eigenvalue weighted by atomic mass is 35.5. The summed E-state index contributed by atoms with van der Waals surface area (Å²) in [5, 5.41) is 10.7. The number of aryl methyl sites for hydroxylation is 1. The number of aromatic hydroxyl groups is 1. The van der Waals surface area contributed by atoms with Gasteiger partial charge in [0.1, 0.15) is 11.5 Å². The molecule has 0 spiro atoms. The third-order valence-corrected chi connectivity index (χ3v) is 5.98. The normalized spacial score (nSPS) is 22.0. The van der Waals surface area contributed by atoms with Crippen LogP contribution in [0.25, 0.3) is 0 Å². The van der Waals surface area contributed by atoms with Crippen molar-refractivity contribution in [3.05, 3.63) is 57.6 Å². The Morgan fingerprint density at radius 1 is 1.20 bits per heavy atom. The number of benzene rings is 2. The monoisotopic (exact) mass is 357 g/mol. The Labute approximate surface area is 154 Å². The molecule has 0 fully saturated rings. The molecule has 4 rings (SSSR count). The van der Waals surface area contributed by atoms with Crippen LogP contribution in [0.2, 0.25) is 5.02 Å². The molecule has 1 heterocycles. The van der Waals surface area contributed by atoms with Gasteiger partial charge in [-0.05, 0) is 72.3 Å². The van der Waals surface area contributed by atoms with E-state index in [4.69, 9.17) is 16.3 Å². The topological polar surface area (TPSA) is 32.7 Å². The highest BCUT2D eigenvalue weighted by Gasteiger charge is 2.39. The summed E-state index contributed by atoms with van der Waals surface area (Å²) in [4.78, 5) is 2.60. The maximum absolute atomic E-state index is 10.2. The molecule has 0 saturated carbocycles. The van der Waals surface area contributed by atoms with Gasteiger partial charge in [-0.15, -0.1) is 0 Å². The molecule has 0 amide bonds. The third-order valence-electron chi connectivity index (χ3n) is 5.68. The summed E-state index contributed by atoms with van der Waals surface area (Å²) < 4.78 is 5.44. The fourth-order valence-corrected chi connectivity index (χ4v) is 4.77. The van der Waals surface area contributed by atoms with E-state index >= 15 is 0 Å². The molecule has 2 aliphatic rings. The minimum Gasteiger partial charge on any atom is -0.506 e. The number of nitrogens with zero attached hydrogens (tertiary/aromatic N) is 1. The second-order valence-corrected chi connectivity index (χ2v) is 7.53. The summed E-state index contributed by atoms with van der Waals surface area (Å²) in [6, 6.07) is 10.7. The van der Waals surface area contributed by atoms with Crippen molar-refractivity contribution in [2.45, 2.75) is 44.7 Å². The van der Waals surface area contributed by atoms with Crippen molar-refractivity contribution in [1.82, 2.24) is 4.90 Å². The molecule has 0 bridgehead atoms. The lowest BCUT2D eigenvalue weighted by Crippen LogP contribution is -2.46. The van der Waals surface area contributed by atoms with Crippen molar-refractivity contribution in [2.24, 2.45) is 0 Å². The molecule has 3 nitrogen and oxygen atoms in total. The standard InChI is InChI=1S/C21H24ClNO2/c1-3-8-23-12-14-9-15(25-2)5-6-16(14)21-17-11-20(24)18(22)10-13(17)4-7-19(21)23/h5-6,9-11,19,21,24H,3-4,7-8,12H2,1-2H3/t19-,21-/m0/s1. The lowest BCUT2D eigenvalue weighted by Gasteiger charge is -2.46.